The summed E-state index contributed by atoms with van der Waals surface area (Å²) in [5.41, 5.74) is 0.841. The molecule has 0 spiro atoms. The van der Waals surface area contributed by atoms with Crippen LogP contribution < -0.4 is 4.90 Å². The summed E-state index contributed by atoms with van der Waals surface area (Å²) in [6, 6.07) is 6.01. The maximum Gasteiger partial charge on any atom is 0.126 e. The molecule has 1 aromatic rings. The molecule has 0 atom stereocenters. The topological polar surface area (TPSA) is 56.5 Å². The number of nitriles is 1. The molecule has 1 aromatic carbocycles. The van der Waals surface area contributed by atoms with Crippen LogP contribution in [0.5, 0.6) is 0 Å². The van der Waals surface area contributed by atoms with Crippen LogP contribution in [0.25, 0.3) is 0 Å². The second-order valence-corrected chi connectivity index (χ2v) is 3.51. The molecular weight excluding hydrogens is 223 g/mol. The first-order chi connectivity index (χ1) is 8.21. The van der Waals surface area contributed by atoms with E-state index in [1.807, 2.05) is 6.07 Å². The minimum atomic E-state index is -0.459. The molecule has 0 unspecified atom stereocenters. The highest BCUT2D eigenvalue weighted by molar-refractivity contribution is 5.52. The van der Waals surface area contributed by atoms with Crippen molar-refractivity contribution in [2.24, 2.45) is 0 Å². The minimum absolute atomic E-state index is 0.0396. The second-order valence-electron chi connectivity index (χ2n) is 3.51. The highest BCUT2D eigenvalue weighted by Crippen LogP contribution is 2.18. The third-order valence-corrected chi connectivity index (χ3v) is 2.31. The molecule has 0 aliphatic rings. The van der Waals surface area contributed by atoms with Crippen molar-refractivity contribution in [3.8, 4) is 6.07 Å². The summed E-state index contributed by atoms with van der Waals surface area (Å²) in [5, 5.41) is 17.7. The molecule has 5 heteroatoms. The predicted molar refractivity (Wildman–Crippen MR) is 62.3 cm³/mol. The molecule has 0 saturated heterocycles. The Morgan fingerprint density at radius 1 is 1.41 bits per heavy atom. The lowest BCUT2D eigenvalue weighted by Crippen LogP contribution is -2.30. The van der Waals surface area contributed by atoms with Crippen molar-refractivity contribution in [2.45, 2.75) is 0 Å². The molecule has 1 N–H and O–H groups in total. The zero-order chi connectivity index (χ0) is 12.7. The number of aliphatic hydroxyl groups excluding tert-OH is 1. The van der Waals surface area contributed by atoms with Crippen molar-refractivity contribution in [3.05, 3.63) is 29.6 Å². The summed E-state index contributed by atoms with van der Waals surface area (Å²) >= 11 is 0. The molecule has 0 bridgehead atoms. The first-order valence-corrected chi connectivity index (χ1v) is 5.26. The number of hydrogen-bond acceptors (Lipinski definition) is 4. The van der Waals surface area contributed by atoms with Crippen LogP contribution in [0.2, 0.25) is 0 Å². The van der Waals surface area contributed by atoms with E-state index in [2.05, 4.69) is 0 Å². The number of rotatable bonds is 6. The van der Waals surface area contributed by atoms with Gasteiger partial charge in [-0.2, -0.15) is 5.26 Å². The van der Waals surface area contributed by atoms with E-state index in [0.29, 0.717) is 25.4 Å². The SMILES string of the molecule is COCCN(CCO)c1cc(F)cc(C#N)c1. The van der Waals surface area contributed by atoms with Crippen LogP contribution in [-0.4, -0.2) is 38.5 Å². The van der Waals surface area contributed by atoms with Crippen LogP contribution in [0.4, 0.5) is 10.1 Å². The van der Waals surface area contributed by atoms with E-state index >= 15 is 0 Å². The van der Waals surface area contributed by atoms with Gasteiger partial charge in [-0.3, -0.25) is 0 Å². The summed E-state index contributed by atoms with van der Waals surface area (Å²) in [7, 11) is 1.57. The monoisotopic (exact) mass is 238 g/mol. The number of halogens is 1. The molecule has 0 aliphatic carbocycles. The Labute approximate surface area is 99.8 Å². The fourth-order valence-electron chi connectivity index (χ4n) is 1.51. The summed E-state index contributed by atoms with van der Waals surface area (Å²) in [4.78, 5) is 1.77. The van der Waals surface area contributed by atoms with Crippen LogP contribution in [0, 0.1) is 17.1 Å². The van der Waals surface area contributed by atoms with Gasteiger partial charge in [0.1, 0.15) is 5.82 Å². The number of hydrogen-bond donors (Lipinski definition) is 1. The Kier molecular flexibility index (Phi) is 5.40. The van der Waals surface area contributed by atoms with E-state index in [4.69, 9.17) is 15.1 Å². The van der Waals surface area contributed by atoms with Crippen LogP contribution in [0.1, 0.15) is 5.56 Å². The standard InChI is InChI=1S/C12H15FN2O2/c1-17-5-3-15(2-4-16)12-7-10(9-14)6-11(13)8-12/h6-8,16H,2-5H2,1H3. The van der Waals surface area contributed by atoms with Gasteiger partial charge in [0.25, 0.3) is 0 Å². The first kappa shape index (κ1) is 13.4. The lowest BCUT2D eigenvalue weighted by molar-refractivity contribution is 0.203. The summed E-state index contributed by atoms with van der Waals surface area (Å²) in [6.07, 6.45) is 0. The van der Waals surface area contributed by atoms with Gasteiger partial charge < -0.3 is 14.7 Å². The van der Waals surface area contributed by atoms with E-state index in [9.17, 15) is 4.39 Å². The van der Waals surface area contributed by atoms with Gasteiger partial charge >= 0.3 is 0 Å². The quantitative estimate of drug-likeness (QED) is 0.807. The third kappa shape index (κ3) is 4.02. The van der Waals surface area contributed by atoms with Gasteiger partial charge in [0, 0.05) is 25.9 Å². The molecule has 0 fully saturated rings. The summed E-state index contributed by atoms with van der Waals surface area (Å²) < 4.78 is 18.2. The van der Waals surface area contributed by atoms with Gasteiger partial charge in [0.2, 0.25) is 0 Å². The maximum absolute atomic E-state index is 13.3. The Hall–Kier alpha value is -1.64. The average Bonchev–Trinajstić information content (AvgIpc) is 2.33. The Morgan fingerprint density at radius 2 is 2.18 bits per heavy atom. The van der Waals surface area contributed by atoms with Gasteiger partial charge in [-0.15, -0.1) is 0 Å². The van der Waals surface area contributed by atoms with Gasteiger partial charge in [-0.1, -0.05) is 0 Å². The molecule has 0 aromatic heterocycles. The molecule has 0 saturated carbocycles. The number of nitrogens with zero attached hydrogens (tertiary/aromatic N) is 2. The van der Waals surface area contributed by atoms with Crippen molar-refractivity contribution in [3.63, 3.8) is 0 Å². The highest BCUT2D eigenvalue weighted by atomic mass is 19.1. The minimum Gasteiger partial charge on any atom is -0.395 e. The Bertz CT molecular complexity index is 404. The Balaban J connectivity index is 2.92. The molecule has 0 aliphatic heterocycles. The summed E-state index contributed by atoms with van der Waals surface area (Å²) in [5.74, 6) is -0.459. The van der Waals surface area contributed by atoms with Gasteiger partial charge in [-0.25, -0.2) is 4.39 Å². The van der Waals surface area contributed by atoms with Gasteiger partial charge in [0.15, 0.2) is 0 Å². The Morgan fingerprint density at radius 3 is 2.76 bits per heavy atom. The maximum atomic E-state index is 13.3. The van der Waals surface area contributed by atoms with Gasteiger partial charge in [0.05, 0.1) is 24.8 Å². The zero-order valence-electron chi connectivity index (χ0n) is 9.69. The lowest BCUT2D eigenvalue weighted by Gasteiger charge is -2.23. The van der Waals surface area contributed by atoms with Gasteiger partial charge in [-0.05, 0) is 18.2 Å². The first-order valence-electron chi connectivity index (χ1n) is 5.26. The van der Waals surface area contributed by atoms with Crippen LogP contribution in [0.3, 0.4) is 0 Å². The molecule has 92 valence electrons. The number of methoxy groups -OCH3 is 1. The largest absolute Gasteiger partial charge is 0.395 e. The number of benzene rings is 1. The van der Waals surface area contributed by atoms with Crippen molar-refractivity contribution >= 4 is 5.69 Å². The second kappa shape index (κ2) is 6.84. The van der Waals surface area contributed by atoms with Crippen LogP contribution >= 0.6 is 0 Å². The molecule has 0 radical (unpaired) electrons. The summed E-state index contributed by atoms with van der Waals surface area (Å²) in [6.45, 7) is 1.34. The molecule has 17 heavy (non-hydrogen) atoms. The van der Waals surface area contributed by atoms with Crippen LogP contribution in [-0.2, 0) is 4.74 Å². The number of anilines is 1. The van der Waals surface area contributed by atoms with Crippen molar-refractivity contribution < 1.29 is 14.2 Å². The molecular formula is C12H15FN2O2. The van der Waals surface area contributed by atoms with Crippen LogP contribution in [0.15, 0.2) is 18.2 Å². The normalized spacial score (nSPS) is 10.0. The lowest BCUT2D eigenvalue weighted by atomic mass is 10.2. The highest BCUT2D eigenvalue weighted by Gasteiger charge is 2.08. The van der Waals surface area contributed by atoms with Crippen molar-refractivity contribution in [1.82, 2.24) is 0 Å². The predicted octanol–water partition coefficient (Wildman–Crippen LogP) is 1.14. The fourth-order valence-corrected chi connectivity index (χ4v) is 1.51. The zero-order valence-corrected chi connectivity index (χ0v) is 9.69. The van der Waals surface area contributed by atoms with E-state index in [1.54, 1.807) is 18.1 Å². The fraction of sp³-hybridized carbons (Fsp3) is 0.417. The van der Waals surface area contributed by atoms with E-state index in [0.717, 1.165) is 0 Å². The smallest absolute Gasteiger partial charge is 0.126 e. The molecule has 1 rings (SSSR count). The number of ether oxygens (including phenoxy) is 1. The van der Waals surface area contributed by atoms with Crippen molar-refractivity contribution in [1.29, 1.82) is 5.26 Å². The van der Waals surface area contributed by atoms with E-state index in [-0.39, 0.29) is 12.2 Å². The molecule has 4 nitrogen and oxygen atoms in total. The van der Waals surface area contributed by atoms with E-state index in [1.165, 1.54) is 12.1 Å². The van der Waals surface area contributed by atoms with E-state index < -0.39 is 5.82 Å². The molecule has 0 heterocycles. The average molecular weight is 238 g/mol. The molecule has 0 amide bonds. The third-order valence-electron chi connectivity index (χ3n) is 2.31. The number of aliphatic hydroxyl groups is 1. The van der Waals surface area contributed by atoms with Crippen molar-refractivity contribution in [2.75, 3.05) is 38.3 Å².